The van der Waals surface area contributed by atoms with Crippen molar-refractivity contribution >= 4 is 5.91 Å². The minimum Gasteiger partial charge on any atom is -0.333 e. The predicted molar refractivity (Wildman–Crippen MR) is 56.1 cm³/mol. The van der Waals surface area contributed by atoms with Crippen molar-refractivity contribution in [2.24, 2.45) is 0 Å². The molecule has 1 fully saturated rings. The van der Waals surface area contributed by atoms with E-state index in [1.807, 2.05) is 37.3 Å². The van der Waals surface area contributed by atoms with Gasteiger partial charge < -0.3 is 4.90 Å². The molecule has 1 heterocycles. The topological polar surface area (TPSA) is 20.3 Å². The number of nitrogens with zero attached hydrogens (tertiary/aromatic N) is 1. The Morgan fingerprint density at radius 1 is 1.40 bits per heavy atom. The first-order valence-electron chi connectivity index (χ1n) is 5.17. The molecule has 0 saturated carbocycles. The average Bonchev–Trinajstić information content (AvgIpc) is 2.58. The number of alkyl halides is 1. The number of halogens is 1. The van der Waals surface area contributed by atoms with Crippen molar-refractivity contribution in [3.8, 4) is 0 Å². The lowest BCUT2D eigenvalue weighted by Crippen LogP contribution is -2.28. The van der Waals surface area contributed by atoms with Gasteiger partial charge in [-0.2, -0.15) is 0 Å². The summed E-state index contributed by atoms with van der Waals surface area (Å²) in [7, 11) is 0. The van der Waals surface area contributed by atoms with Crippen LogP contribution < -0.4 is 0 Å². The van der Waals surface area contributed by atoms with Gasteiger partial charge in [-0.05, 0) is 12.5 Å². The van der Waals surface area contributed by atoms with E-state index in [0.29, 0.717) is 0 Å². The van der Waals surface area contributed by atoms with Crippen molar-refractivity contribution in [2.45, 2.75) is 25.6 Å². The first-order chi connectivity index (χ1) is 7.18. The van der Waals surface area contributed by atoms with Crippen LogP contribution >= 0.6 is 0 Å². The molecule has 1 aromatic rings. The molecule has 1 unspecified atom stereocenters. The van der Waals surface area contributed by atoms with Crippen molar-refractivity contribution in [1.29, 1.82) is 0 Å². The highest BCUT2D eigenvalue weighted by Gasteiger charge is 2.32. The molecule has 1 aromatic carbocycles. The summed E-state index contributed by atoms with van der Waals surface area (Å²) >= 11 is 0. The number of hydrogen-bond acceptors (Lipinski definition) is 1. The summed E-state index contributed by atoms with van der Waals surface area (Å²) in [5, 5.41) is 0. The lowest BCUT2D eigenvalue weighted by Gasteiger charge is -2.24. The van der Waals surface area contributed by atoms with Gasteiger partial charge in [0.25, 0.3) is 0 Å². The van der Waals surface area contributed by atoms with E-state index >= 15 is 0 Å². The molecule has 0 spiro atoms. The highest BCUT2D eigenvalue weighted by atomic mass is 19.1. The fourth-order valence-corrected chi connectivity index (χ4v) is 1.97. The van der Waals surface area contributed by atoms with E-state index in [-0.39, 0.29) is 24.9 Å². The van der Waals surface area contributed by atoms with Crippen molar-refractivity contribution in [3.05, 3.63) is 35.9 Å². The summed E-state index contributed by atoms with van der Waals surface area (Å²) < 4.78 is 13.0. The fraction of sp³-hybridized carbons (Fsp3) is 0.417. The number of benzene rings is 1. The first kappa shape index (κ1) is 10.1. The Hall–Kier alpha value is -1.38. The quantitative estimate of drug-likeness (QED) is 0.728. The molecule has 80 valence electrons. The third kappa shape index (κ3) is 2.01. The van der Waals surface area contributed by atoms with Crippen molar-refractivity contribution in [2.75, 3.05) is 6.54 Å². The van der Waals surface area contributed by atoms with E-state index in [1.165, 1.54) is 0 Å². The zero-order chi connectivity index (χ0) is 10.8. The van der Waals surface area contributed by atoms with Crippen LogP contribution in [0.2, 0.25) is 0 Å². The zero-order valence-electron chi connectivity index (χ0n) is 8.69. The van der Waals surface area contributed by atoms with Gasteiger partial charge >= 0.3 is 0 Å². The van der Waals surface area contributed by atoms with Crippen LogP contribution in [-0.4, -0.2) is 23.5 Å². The van der Waals surface area contributed by atoms with Gasteiger partial charge in [0.05, 0.1) is 19.0 Å². The normalized spacial score (nSPS) is 23.2. The second-order valence-electron chi connectivity index (χ2n) is 3.93. The van der Waals surface area contributed by atoms with Gasteiger partial charge in [0, 0.05) is 0 Å². The molecule has 1 amide bonds. The Kier molecular flexibility index (Phi) is 2.71. The van der Waals surface area contributed by atoms with E-state index in [0.717, 1.165) is 5.56 Å². The number of likely N-dealkylation sites (tertiary alicyclic amines) is 1. The van der Waals surface area contributed by atoms with Crippen molar-refractivity contribution in [3.63, 3.8) is 0 Å². The lowest BCUT2D eigenvalue weighted by atomic mass is 10.1. The number of carbonyl (C=O) groups excluding carboxylic acids is 1. The maximum Gasteiger partial charge on any atom is 0.226 e. The fourth-order valence-electron chi connectivity index (χ4n) is 1.97. The molecule has 0 radical (unpaired) electrons. The minimum absolute atomic E-state index is 0.0283. The molecule has 0 aliphatic carbocycles. The van der Waals surface area contributed by atoms with Crippen LogP contribution in [0, 0.1) is 0 Å². The highest BCUT2D eigenvalue weighted by molar-refractivity contribution is 5.79. The summed E-state index contributed by atoms with van der Waals surface area (Å²) in [6, 6.07) is 9.69. The molecule has 0 N–H and O–H groups in total. The molecular formula is C12H14FNO. The van der Waals surface area contributed by atoms with Crippen LogP contribution in [0.15, 0.2) is 30.3 Å². The molecule has 2 nitrogen and oxygen atoms in total. The summed E-state index contributed by atoms with van der Waals surface area (Å²) in [5.74, 6) is -0.0844. The highest BCUT2D eigenvalue weighted by Crippen LogP contribution is 2.26. The van der Waals surface area contributed by atoms with E-state index in [1.54, 1.807) is 4.90 Å². The molecule has 0 aromatic heterocycles. The van der Waals surface area contributed by atoms with Crippen molar-refractivity contribution in [1.82, 2.24) is 4.90 Å². The van der Waals surface area contributed by atoms with Crippen LogP contribution in [0.1, 0.15) is 24.9 Å². The Bertz CT molecular complexity index is 352. The zero-order valence-corrected chi connectivity index (χ0v) is 8.69. The van der Waals surface area contributed by atoms with E-state index in [4.69, 9.17) is 0 Å². The maximum absolute atomic E-state index is 13.0. The van der Waals surface area contributed by atoms with E-state index < -0.39 is 6.17 Å². The lowest BCUT2D eigenvalue weighted by molar-refractivity contribution is -0.129. The Balaban J connectivity index is 2.15. The van der Waals surface area contributed by atoms with Crippen LogP contribution in [-0.2, 0) is 4.79 Å². The molecular weight excluding hydrogens is 193 g/mol. The van der Waals surface area contributed by atoms with Crippen LogP contribution in [0.4, 0.5) is 4.39 Å². The molecule has 15 heavy (non-hydrogen) atoms. The standard InChI is InChI=1S/C12H14FNO/c1-9(10-5-3-2-4-6-10)14-8-11(13)7-12(14)15/h2-6,9,11H,7-8H2,1H3/t9?,11-/m0/s1. The molecule has 3 heteroatoms. The Morgan fingerprint density at radius 3 is 2.60 bits per heavy atom. The van der Waals surface area contributed by atoms with Gasteiger partial charge in [0.15, 0.2) is 0 Å². The van der Waals surface area contributed by atoms with Crippen LogP contribution in [0.25, 0.3) is 0 Å². The molecule has 0 bridgehead atoms. The third-order valence-electron chi connectivity index (χ3n) is 2.86. The predicted octanol–water partition coefficient (Wildman–Crippen LogP) is 2.32. The smallest absolute Gasteiger partial charge is 0.226 e. The Labute approximate surface area is 88.7 Å². The number of rotatable bonds is 2. The molecule has 2 rings (SSSR count). The Morgan fingerprint density at radius 2 is 2.07 bits per heavy atom. The monoisotopic (exact) mass is 207 g/mol. The second kappa shape index (κ2) is 4.01. The number of carbonyl (C=O) groups is 1. The van der Waals surface area contributed by atoms with Gasteiger partial charge in [0.1, 0.15) is 6.17 Å². The van der Waals surface area contributed by atoms with Gasteiger partial charge in [-0.25, -0.2) is 4.39 Å². The second-order valence-corrected chi connectivity index (χ2v) is 3.93. The SMILES string of the molecule is CC(c1ccccc1)N1C[C@@H](F)CC1=O. The summed E-state index contributed by atoms with van der Waals surface area (Å²) in [6.07, 6.45) is -0.958. The van der Waals surface area contributed by atoms with Gasteiger partial charge in [-0.15, -0.1) is 0 Å². The summed E-state index contributed by atoms with van der Waals surface area (Å²) in [6.45, 7) is 2.17. The van der Waals surface area contributed by atoms with Crippen molar-refractivity contribution < 1.29 is 9.18 Å². The molecule has 1 aliphatic heterocycles. The first-order valence-corrected chi connectivity index (χ1v) is 5.17. The van der Waals surface area contributed by atoms with Gasteiger partial charge in [-0.1, -0.05) is 30.3 Å². The number of hydrogen-bond donors (Lipinski definition) is 0. The average molecular weight is 207 g/mol. The summed E-state index contributed by atoms with van der Waals surface area (Å²) in [4.78, 5) is 13.1. The van der Waals surface area contributed by atoms with E-state index in [2.05, 4.69) is 0 Å². The molecule has 1 saturated heterocycles. The molecule has 2 atom stereocenters. The number of amides is 1. The van der Waals surface area contributed by atoms with Crippen LogP contribution in [0.5, 0.6) is 0 Å². The minimum atomic E-state index is -0.997. The van der Waals surface area contributed by atoms with Crippen LogP contribution in [0.3, 0.4) is 0 Å². The van der Waals surface area contributed by atoms with E-state index in [9.17, 15) is 9.18 Å². The van der Waals surface area contributed by atoms with Gasteiger partial charge in [-0.3, -0.25) is 4.79 Å². The maximum atomic E-state index is 13.0. The molecule has 1 aliphatic rings. The third-order valence-corrected chi connectivity index (χ3v) is 2.86. The summed E-state index contributed by atoms with van der Waals surface area (Å²) in [5.41, 5.74) is 1.06. The van der Waals surface area contributed by atoms with Gasteiger partial charge in [0.2, 0.25) is 5.91 Å². The largest absolute Gasteiger partial charge is 0.333 e.